The highest BCUT2D eigenvalue weighted by atomic mass is 16.1. The minimum atomic E-state index is -0.173. The maximum atomic E-state index is 11.7. The van der Waals surface area contributed by atoms with Crippen LogP contribution in [0, 0.1) is 6.92 Å². The highest BCUT2D eigenvalue weighted by molar-refractivity contribution is 5.94. The summed E-state index contributed by atoms with van der Waals surface area (Å²) in [5, 5.41) is 9.38. The van der Waals surface area contributed by atoms with Crippen molar-refractivity contribution in [1.29, 1.82) is 0 Å². The summed E-state index contributed by atoms with van der Waals surface area (Å²) < 4.78 is 0. The Morgan fingerprint density at radius 2 is 2.47 bits per heavy atom. The minimum Gasteiger partial charge on any atom is -0.350 e. The number of hydrogen-bond acceptors (Lipinski definition) is 3. The van der Waals surface area contributed by atoms with E-state index in [0.29, 0.717) is 12.1 Å². The van der Waals surface area contributed by atoms with E-state index in [1.165, 1.54) is 6.20 Å². The third-order valence-electron chi connectivity index (χ3n) is 3.02. The molecule has 1 amide bonds. The van der Waals surface area contributed by atoms with Crippen molar-refractivity contribution >= 4 is 5.91 Å². The highest BCUT2D eigenvalue weighted by Crippen LogP contribution is 2.28. The van der Waals surface area contributed by atoms with Gasteiger partial charge in [0.05, 0.1) is 11.8 Å². The first-order valence-corrected chi connectivity index (χ1v) is 5.18. The van der Waals surface area contributed by atoms with Gasteiger partial charge in [0.1, 0.15) is 0 Å². The van der Waals surface area contributed by atoms with Crippen molar-refractivity contribution in [2.75, 3.05) is 6.54 Å². The molecule has 15 heavy (non-hydrogen) atoms. The summed E-state index contributed by atoms with van der Waals surface area (Å²) in [6, 6.07) is 0. The monoisotopic (exact) mass is 208 g/mol. The van der Waals surface area contributed by atoms with E-state index in [-0.39, 0.29) is 11.4 Å². The molecule has 4 N–H and O–H groups in total. The fraction of sp³-hybridized carbons (Fsp3) is 0.600. The maximum Gasteiger partial charge on any atom is 0.254 e. The van der Waals surface area contributed by atoms with Crippen LogP contribution in [0.2, 0.25) is 0 Å². The van der Waals surface area contributed by atoms with Gasteiger partial charge in [-0.25, -0.2) is 0 Å². The van der Waals surface area contributed by atoms with E-state index in [4.69, 9.17) is 5.73 Å². The smallest absolute Gasteiger partial charge is 0.254 e. The number of aromatic amines is 1. The van der Waals surface area contributed by atoms with Crippen LogP contribution in [0.1, 0.15) is 35.3 Å². The van der Waals surface area contributed by atoms with Crippen molar-refractivity contribution in [3.05, 3.63) is 17.5 Å². The van der Waals surface area contributed by atoms with Gasteiger partial charge in [0.25, 0.3) is 5.91 Å². The number of amides is 1. The number of aromatic nitrogens is 2. The number of nitrogens with two attached hydrogens (primary N) is 1. The molecule has 5 heteroatoms. The lowest BCUT2D eigenvalue weighted by atomic mass is 9.78. The van der Waals surface area contributed by atoms with Crippen molar-refractivity contribution < 1.29 is 4.79 Å². The van der Waals surface area contributed by atoms with Gasteiger partial charge in [-0.3, -0.25) is 9.89 Å². The molecule has 1 aromatic rings. The standard InChI is InChI=1S/C10H16N4O/c1-7-8(5-13-14-7)9(15)12-6-10(11)3-2-4-10/h5H,2-4,6,11H2,1H3,(H,12,15)(H,13,14). The maximum absolute atomic E-state index is 11.7. The molecule has 0 spiro atoms. The molecule has 0 radical (unpaired) electrons. The quantitative estimate of drug-likeness (QED) is 0.669. The molecule has 2 rings (SSSR count). The second-order valence-electron chi connectivity index (χ2n) is 4.31. The third kappa shape index (κ3) is 2.02. The average molecular weight is 208 g/mol. The third-order valence-corrected chi connectivity index (χ3v) is 3.02. The molecule has 1 aliphatic carbocycles. The molecule has 1 aromatic heterocycles. The summed E-state index contributed by atoms with van der Waals surface area (Å²) in [7, 11) is 0. The summed E-state index contributed by atoms with van der Waals surface area (Å²) in [4.78, 5) is 11.7. The number of H-pyrrole nitrogens is 1. The van der Waals surface area contributed by atoms with Crippen LogP contribution in [0.4, 0.5) is 0 Å². The Balaban J connectivity index is 1.90. The Morgan fingerprint density at radius 3 is 2.93 bits per heavy atom. The van der Waals surface area contributed by atoms with Crippen LogP contribution in [0.3, 0.4) is 0 Å². The number of hydrogen-bond donors (Lipinski definition) is 3. The molecule has 1 fully saturated rings. The van der Waals surface area contributed by atoms with E-state index in [0.717, 1.165) is 25.0 Å². The van der Waals surface area contributed by atoms with Gasteiger partial charge >= 0.3 is 0 Å². The largest absolute Gasteiger partial charge is 0.350 e. The predicted molar refractivity (Wildman–Crippen MR) is 56.4 cm³/mol. The first-order chi connectivity index (χ1) is 7.11. The molecule has 0 saturated heterocycles. The van der Waals surface area contributed by atoms with Crippen molar-refractivity contribution in [1.82, 2.24) is 15.5 Å². The van der Waals surface area contributed by atoms with Crippen LogP contribution in [-0.2, 0) is 0 Å². The molecule has 1 heterocycles. The van der Waals surface area contributed by atoms with E-state index in [1.54, 1.807) is 0 Å². The van der Waals surface area contributed by atoms with Gasteiger partial charge in [-0.2, -0.15) is 5.10 Å². The Kier molecular flexibility index (Phi) is 2.48. The minimum absolute atomic E-state index is 0.0991. The number of nitrogens with zero attached hydrogens (tertiary/aromatic N) is 1. The lowest BCUT2D eigenvalue weighted by molar-refractivity contribution is 0.0929. The van der Waals surface area contributed by atoms with Crippen LogP contribution in [-0.4, -0.2) is 28.2 Å². The molecule has 1 aliphatic rings. The van der Waals surface area contributed by atoms with Gasteiger partial charge in [-0.05, 0) is 26.2 Å². The Labute approximate surface area is 88.4 Å². The normalized spacial score (nSPS) is 18.3. The molecule has 0 unspecified atom stereocenters. The van der Waals surface area contributed by atoms with Crippen LogP contribution >= 0.6 is 0 Å². The van der Waals surface area contributed by atoms with E-state index >= 15 is 0 Å². The fourth-order valence-corrected chi connectivity index (χ4v) is 1.74. The van der Waals surface area contributed by atoms with Crippen molar-refractivity contribution in [2.45, 2.75) is 31.7 Å². The molecule has 5 nitrogen and oxygen atoms in total. The Hall–Kier alpha value is -1.36. The zero-order chi connectivity index (χ0) is 10.9. The lowest BCUT2D eigenvalue weighted by Gasteiger charge is -2.38. The van der Waals surface area contributed by atoms with Gasteiger partial charge < -0.3 is 11.1 Å². The summed E-state index contributed by atoms with van der Waals surface area (Å²) in [6.07, 6.45) is 4.70. The number of rotatable bonds is 3. The first kappa shape index (κ1) is 10.2. The summed E-state index contributed by atoms with van der Waals surface area (Å²) in [5.74, 6) is -0.0991. The molecule has 0 aromatic carbocycles. The van der Waals surface area contributed by atoms with E-state index in [1.807, 2.05) is 6.92 Å². The SMILES string of the molecule is Cc1[nH]ncc1C(=O)NCC1(N)CCC1. The molecule has 1 saturated carbocycles. The van der Waals surface area contributed by atoms with Gasteiger partial charge in [-0.15, -0.1) is 0 Å². The molecular weight excluding hydrogens is 192 g/mol. The molecule has 0 aliphatic heterocycles. The summed E-state index contributed by atoms with van der Waals surface area (Å²) >= 11 is 0. The van der Waals surface area contributed by atoms with Crippen molar-refractivity contribution in [3.63, 3.8) is 0 Å². The fourth-order valence-electron chi connectivity index (χ4n) is 1.74. The zero-order valence-corrected chi connectivity index (χ0v) is 8.84. The Bertz CT molecular complexity index is 367. The topological polar surface area (TPSA) is 83.8 Å². The molecule has 82 valence electrons. The van der Waals surface area contributed by atoms with Gasteiger partial charge in [0.15, 0.2) is 0 Å². The number of nitrogens with one attached hydrogen (secondary N) is 2. The van der Waals surface area contributed by atoms with Crippen molar-refractivity contribution in [3.8, 4) is 0 Å². The number of carbonyl (C=O) groups is 1. The average Bonchev–Trinajstić information content (AvgIpc) is 2.58. The highest BCUT2D eigenvalue weighted by Gasteiger charge is 2.32. The zero-order valence-electron chi connectivity index (χ0n) is 8.84. The lowest BCUT2D eigenvalue weighted by Crippen LogP contribution is -2.54. The van der Waals surface area contributed by atoms with E-state index < -0.39 is 0 Å². The van der Waals surface area contributed by atoms with Crippen LogP contribution < -0.4 is 11.1 Å². The van der Waals surface area contributed by atoms with E-state index in [9.17, 15) is 4.79 Å². The van der Waals surface area contributed by atoms with Crippen molar-refractivity contribution in [2.24, 2.45) is 5.73 Å². The van der Waals surface area contributed by atoms with Gasteiger partial charge in [0, 0.05) is 17.8 Å². The number of carbonyl (C=O) groups excluding carboxylic acids is 1. The second kappa shape index (κ2) is 3.66. The molecule has 0 bridgehead atoms. The van der Waals surface area contributed by atoms with E-state index in [2.05, 4.69) is 15.5 Å². The summed E-state index contributed by atoms with van der Waals surface area (Å²) in [6.45, 7) is 2.37. The van der Waals surface area contributed by atoms with Gasteiger partial charge in [0.2, 0.25) is 0 Å². The number of aryl methyl sites for hydroxylation is 1. The molecule has 0 atom stereocenters. The second-order valence-corrected chi connectivity index (χ2v) is 4.31. The van der Waals surface area contributed by atoms with Crippen LogP contribution in [0.25, 0.3) is 0 Å². The van der Waals surface area contributed by atoms with Gasteiger partial charge in [-0.1, -0.05) is 0 Å². The Morgan fingerprint density at radius 1 is 1.73 bits per heavy atom. The van der Waals surface area contributed by atoms with Crippen LogP contribution in [0.5, 0.6) is 0 Å². The summed E-state index contributed by atoms with van der Waals surface area (Å²) in [5.41, 5.74) is 7.21. The molecular formula is C10H16N4O. The predicted octanol–water partition coefficient (Wildman–Crippen LogP) is 0.329. The van der Waals surface area contributed by atoms with Crippen LogP contribution in [0.15, 0.2) is 6.20 Å². The first-order valence-electron chi connectivity index (χ1n) is 5.18.